The molecule has 0 fully saturated rings. The molecule has 0 bridgehead atoms. The number of ether oxygens (including phenoxy) is 1. The van der Waals surface area contributed by atoms with Gasteiger partial charge in [0.05, 0.1) is 11.1 Å². The summed E-state index contributed by atoms with van der Waals surface area (Å²) in [6.45, 7) is 1.39. The molecule has 1 aromatic heterocycles. The van der Waals surface area contributed by atoms with Crippen LogP contribution < -0.4 is 10.5 Å². The zero-order chi connectivity index (χ0) is 17.7. The lowest BCUT2D eigenvalue weighted by Gasteiger charge is -2.13. The van der Waals surface area contributed by atoms with Gasteiger partial charge in [0.1, 0.15) is 0 Å². The van der Waals surface area contributed by atoms with Crippen LogP contribution in [0.5, 0.6) is 0 Å². The van der Waals surface area contributed by atoms with Crippen molar-refractivity contribution in [3.63, 3.8) is 0 Å². The number of sulfonamides is 1. The molecule has 0 spiro atoms. The molecule has 24 heavy (non-hydrogen) atoms. The standard InChI is InChI=1S/C14H14N4O5S/c1-9(23-14(20)12-8-16-6-7-17-12)13(19)18-10-2-4-11(5-3-10)24(15,21)22/h2-9H,1H3,(H,18,19)(H2,15,21,22)/t9-/m1/s1. The lowest BCUT2D eigenvalue weighted by molar-refractivity contribution is -0.123. The summed E-state index contributed by atoms with van der Waals surface area (Å²) in [5, 5.41) is 7.47. The minimum Gasteiger partial charge on any atom is -0.448 e. The van der Waals surface area contributed by atoms with E-state index in [1.165, 1.54) is 49.8 Å². The van der Waals surface area contributed by atoms with Crippen LogP contribution in [0.25, 0.3) is 0 Å². The average Bonchev–Trinajstić information content (AvgIpc) is 2.55. The maximum absolute atomic E-state index is 12.0. The molecule has 9 nitrogen and oxygen atoms in total. The Hall–Kier alpha value is -2.85. The van der Waals surface area contributed by atoms with Crippen molar-refractivity contribution in [3.8, 4) is 0 Å². The smallest absolute Gasteiger partial charge is 0.359 e. The van der Waals surface area contributed by atoms with Crippen LogP contribution >= 0.6 is 0 Å². The second-order valence-corrected chi connectivity index (χ2v) is 6.26. The molecule has 1 amide bonds. The molecule has 1 aromatic carbocycles. The molecular weight excluding hydrogens is 336 g/mol. The fourth-order valence-electron chi connectivity index (χ4n) is 1.65. The molecule has 0 saturated heterocycles. The van der Waals surface area contributed by atoms with Crippen molar-refractivity contribution >= 4 is 27.6 Å². The van der Waals surface area contributed by atoms with E-state index in [2.05, 4.69) is 15.3 Å². The minimum absolute atomic E-state index is 0.0188. The van der Waals surface area contributed by atoms with Gasteiger partial charge in [0, 0.05) is 18.1 Å². The third-order valence-electron chi connectivity index (χ3n) is 2.88. The van der Waals surface area contributed by atoms with Gasteiger partial charge in [0.15, 0.2) is 11.8 Å². The Morgan fingerprint density at radius 3 is 2.42 bits per heavy atom. The quantitative estimate of drug-likeness (QED) is 0.739. The fourth-order valence-corrected chi connectivity index (χ4v) is 2.17. The van der Waals surface area contributed by atoms with Crippen molar-refractivity contribution < 1.29 is 22.7 Å². The molecule has 1 heterocycles. The van der Waals surface area contributed by atoms with Crippen LogP contribution in [0.15, 0.2) is 47.8 Å². The molecule has 0 saturated carbocycles. The first kappa shape index (κ1) is 17.5. The van der Waals surface area contributed by atoms with Gasteiger partial charge in [-0.25, -0.2) is 23.3 Å². The van der Waals surface area contributed by atoms with E-state index in [1.807, 2.05) is 0 Å². The van der Waals surface area contributed by atoms with Gasteiger partial charge in [0.2, 0.25) is 10.0 Å². The Morgan fingerprint density at radius 1 is 1.21 bits per heavy atom. The second-order valence-electron chi connectivity index (χ2n) is 4.70. The summed E-state index contributed by atoms with van der Waals surface area (Å²) in [5.41, 5.74) is 0.310. The molecule has 1 atom stereocenters. The van der Waals surface area contributed by atoms with Crippen LogP contribution in [0.4, 0.5) is 5.69 Å². The van der Waals surface area contributed by atoms with E-state index in [0.717, 1.165) is 0 Å². The van der Waals surface area contributed by atoms with Crippen LogP contribution in [0.3, 0.4) is 0 Å². The first-order valence-electron chi connectivity index (χ1n) is 6.68. The van der Waals surface area contributed by atoms with E-state index in [1.54, 1.807) is 0 Å². The van der Waals surface area contributed by atoms with Crippen molar-refractivity contribution in [1.82, 2.24) is 9.97 Å². The van der Waals surface area contributed by atoms with Crippen molar-refractivity contribution in [2.75, 3.05) is 5.32 Å². The highest BCUT2D eigenvalue weighted by Crippen LogP contribution is 2.13. The van der Waals surface area contributed by atoms with E-state index in [9.17, 15) is 18.0 Å². The van der Waals surface area contributed by atoms with Gasteiger partial charge in [-0.05, 0) is 31.2 Å². The Balaban J connectivity index is 1.98. The highest BCUT2D eigenvalue weighted by Gasteiger charge is 2.20. The SMILES string of the molecule is C[C@@H](OC(=O)c1cnccn1)C(=O)Nc1ccc(S(N)(=O)=O)cc1. The summed E-state index contributed by atoms with van der Waals surface area (Å²) in [4.78, 5) is 31.2. The number of hydrogen-bond donors (Lipinski definition) is 2. The molecular formula is C14H14N4O5S. The molecule has 0 aliphatic heterocycles. The number of nitrogens with zero attached hydrogens (tertiary/aromatic N) is 2. The number of benzene rings is 1. The summed E-state index contributed by atoms with van der Waals surface area (Å²) < 4.78 is 27.3. The molecule has 0 aliphatic carbocycles. The molecule has 126 valence electrons. The number of nitrogens with one attached hydrogen (secondary N) is 1. The van der Waals surface area contributed by atoms with Gasteiger partial charge >= 0.3 is 5.97 Å². The summed E-state index contributed by atoms with van der Waals surface area (Å²) >= 11 is 0. The Morgan fingerprint density at radius 2 is 1.88 bits per heavy atom. The lowest BCUT2D eigenvalue weighted by Crippen LogP contribution is -2.30. The third kappa shape index (κ3) is 4.57. The highest BCUT2D eigenvalue weighted by atomic mass is 32.2. The van der Waals surface area contributed by atoms with Gasteiger partial charge in [-0.3, -0.25) is 9.78 Å². The number of hydrogen-bond acceptors (Lipinski definition) is 7. The van der Waals surface area contributed by atoms with Crippen LogP contribution in [-0.2, 0) is 19.6 Å². The predicted molar refractivity (Wildman–Crippen MR) is 83.4 cm³/mol. The summed E-state index contributed by atoms with van der Waals surface area (Å²) in [5.74, 6) is -1.37. The van der Waals surface area contributed by atoms with Crippen LogP contribution in [-0.4, -0.2) is 36.4 Å². The Labute approximate surface area is 137 Å². The number of aromatic nitrogens is 2. The lowest BCUT2D eigenvalue weighted by atomic mass is 10.3. The van der Waals surface area contributed by atoms with E-state index >= 15 is 0 Å². The van der Waals surface area contributed by atoms with Crippen LogP contribution in [0.2, 0.25) is 0 Å². The monoisotopic (exact) mass is 350 g/mol. The average molecular weight is 350 g/mol. The van der Waals surface area contributed by atoms with E-state index in [4.69, 9.17) is 9.88 Å². The second kappa shape index (κ2) is 7.15. The molecule has 2 aromatic rings. The maximum Gasteiger partial charge on any atom is 0.359 e. The van der Waals surface area contributed by atoms with E-state index in [-0.39, 0.29) is 10.6 Å². The van der Waals surface area contributed by atoms with Gasteiger partial charge < -0.3 is 10.1 Å². The van der Waals surface area contributed by atoms with Crippen LogP contribution in [0, 0.1) is 0 Å². The number of rotatable bonds is 5. The first-order chi connectivity index (χ1) is 11.3. The summed E-state index contributed by atoms with van der Waals surface area (Å²) in [6.07, 6.45) is 2.86. The van der Waals surface area contributed by atoms with Gasteiger partial charge in [-0.2, -0.15) is 0 Å². The number of primary sulfonamides is 1. The van der Waals surface area contributed by atoms with Crippen molar-refractivity contribution in [2.24, 2.45) is 5.14 Å². The Kier molecular flexibility index (Phi) is 5.21. The molecule has 0 aliphatic rings. The highest BCUT2D eigenvalue weighted by molar-refractivity contribution is 7.89. The van der Waals surface area contributed by atoms with Gasteiger partial charge in [-0.1, -0.05) is 0 Å². The predicted octanol–water partition coefficient (Wildman–Crippen LogP) is 0.308. The number of amides is 1. The normalized spacial score (nSPS) is 12.2. The number of carbonyl (C=O) groups is 2. The molecule has 10 heteroatoms. The summed E-state index contributed by atoms with van der Waals surface area (Å²) in [6, 6.07) is 5.24. The van der Waals surface area contributed by atoms with Crippen molar-refractivity contribution in [3.05, 3.63) is 48.5 Å². The zero-order valence-electron chi connectivity index (χ0n) is 12.5. The number of carbonyl (C=O) groups excluding carboxylic acids is 2. The Bertz CT molecular complexity index is 837. The largest absolute Gasteiger partial charge is 0.448 e. The molecule has 2 rings (SSSR count). The molecule has 0 radical (unpaired) electrons. The van der Waals surface area contributed by atoms with E-state index in [0.29, 0.717) is 5.69 Å². The first-order valence-corrected chi connectivity index (χ1v) is 8.23. The van der Waals surface area contributed by atoms with Crippen molar-refractivity contribution in [1.29, 1.82) is 0 Å². The zero-order valence-corrected chi connectivity index (χ0v) is 13.4. The summed E-state index contributed by atoms with van der Waals surface area (Å²) in [7, 11) is -3.81. The number of esters is 1. The van der Waals surface area contributed by atoms with Gasteiger partial charge in [0.25, 0.3) is 5.91 Å². The minimum atomic E-state index is -3.81. The maximum atomic E-state index is 12.0. The van der Waals surface area contributed by atoms with Crippen LogP contribution in [0.1, 0.15) is 17.4 Å². The number of anilines is 1. The number of nitrogens with two attached hydrogens (primary N) is 1. The fraction of sp³-hybridized carbons (Fsp3) is 0.143. The van der Waals surface area contributed by atoms with Gasteiger partial charge in [-0.15, -0.1) is 0 Å². The third-order valence-corrected chi connectivity index (χ3v) is 3.80. The topological polar surface area (TPSA) is 141 Å². The van der Waals surface area contributed by atoms with E-state index < -0.39 is 28.0 Å². The molecule has 0 unspecified atom stereocenters. The van der Waals surface area contributed by atoms with Crippen molar-refractivity contribution in [2.45, 2.75) is 17.9 Å². The molecule has 3 N–H and O–H groups in total.